The first-order valence-electron chi connectivity index (χ1n) is 13.4. The third kappa shape index (κ3) is 6.15. The summed E-state index contributed by atoms with van der Waals surface area (Å²) < 4.78 is 12.6. The molecule has 0 radical (unpaired) electrons. The highest BCUT2D eigenvalue weighted by molar-refractivity contribution is 8.15. The molecule has 2 heterocycles. The van der Waals surface area contributed by atoms with Crippen molar-refractivity contribution in [2.24, 2.45) is 0 Å². The number of thiophene rings is 1. The molecule has 39 heavy (non-hydrogen) atoms. The highest BCUT2D eigenvalue weighted by Gasteiger charge is 2.45. The lowest BCUT2D eigenvalue weighted by Crippen LogP contribution is -2.31. The van der Waals surface area contributed by atoms with Crippen molar-refractivity contribution >= 4 is 44.3 Å². The van der Waals surface area contributed by atoms with Crippen LogP contribution in [-0.4, -0.2) is 24.4 Å². The lowest BCUT2D eigenvalue weighted by molar-refractivity contribution is -0.121. The van der Waals surface area contributed by atoms with Crippen LogP contribution in [0.4, 0.5) is 4.79 Å². The summed E-state index contributed by atoms with van der Waals surface area (Å²) in [6, 6.07) is 22.4. The Bertz CT molecular complexity index is 1450. The van der Waals surface area contributed by atoms with Crippen LogP contribution in [0.1, 0.15) is 48.9 Å². The molecule has 0 aliphatic carbocycles. The largest absolute Gasteiger partial charge is 0.493 e. The third-order valence-corrected chi connectivity index (χ3v) is 9.30. The first-order valence-corrected chi connectivity index (χ1v) is 15.1. The van der Waals surface area contributed by atoms with Crippen LogP contribution in [0.15, 0.2) is 72.1 Å². The predicted molar refractivity (Wildman–Crippen MR) is 160 cm³/mol. The zero-order chi connectivity index (χ0) is 27.2. The van der Waals surface area contributed by atoms with E-state index in [0.29, 0.717) is 13.2 Å². The van der Waals surface area contributed by atoms with Crippen LogP contribution < -0.4 is 14.8 Å². The Balaban J connectivity index is 1.15. The molecule has 1 saturated heterocycles. The molecule has 5 nitrogen and oxygen atoms in total. The van der Waals surface area contributed by atoms with Crippen LogP contribution in [0.3, 0.4) is 0 Å². The van der Waals surface area contributed by atoms with Crippen molar-refractivity contribution in [3.63, 3.8) is 0 Å². The number of nitrogens with one attached hydrogen (secondary N) is 1. The van der Waals surface area contributed by atoms with Gasteiger partial charge in [-0.2, -0.15) is 0 Å². The molecular weight excluding hydrogens is 526 g/mol. The van der Waals surface area contributed by atoms with Gasteiger partial charge in [-0.05, 0) is 89.7 Å². The molecule has 1 aliphatic rings. The summed E-state index contributed by atoms with van der Waals surface area (Å²) in [7, 11) is 0. The van der Waals surface area contributed by atoms with Crippen molar-refractivity contribution in [3.05, 3.63) is 94.4 Å². The molecule has 7 heteroatoms. The van der Waals surface area contributed by atoms with Crippen molar-refractivity contribution in [2.75, 3.05) is 13.2 Å². The maximum atomic E-state index is 12.2. The standard InChI is InChI=1S/C32H33NO4S2/c1-3-8-27-28(18-17-26-23(21-38-29(26)27)12-11-22-9-5-4-6-10-22)37-20-7-19-36-25-15-13-24(14-16-25)32(2)30(34)33-31(35)39-32/h4-6,9-10,13-18,21H,3,7-8,11-12,19-20H2,1-2H3,(H,33,34,35). The van der Waals surface area contributed by atoms with E-state index in [2.05, 4.69) is 60.1 Å². The number of carbonyl (C=O) groups excluding carboxylic acids is 2. The molecule has 0 saturated carbocycles. The maximum Gasteiger partial charge on any atom is 0.287 e. The molecule has 202 valence electrons. The van der Waals surface area contributed by atoms with E-state index in [1.807, 2.05) is 35.6 Å². The quantitative estimate of drug-likeness (QED) is 0.180. The Labute approximate surface area is 237 Å². The number of hydrogen-bond acceptors (Lipinski definition) is 6. The fourth-order valence-corrected chi connectivity index (χ4v) is 6.98. The summed E-state index contributed by atoms with van der Waals surface area (Å²) in [5.74, 6) is 1.42. The van der Waals surface area contributed by atoms with Gasteiger partial charge in [-0.15, -0.1) is 11.3 Å². The fourth-order valence-electron chi connectivity index (χ4n) is 4.89. The second-order valence-electron chi connectivity index (χ2n) is 9.87. The lowest BCUT2D eigenvalue weighted by atomic mass is 9.99. The van der Waals surface area contributed by atoms with Crippen LogP contribution in [0, 0.1) is 0 Å². The number of fused-ring (bicyclic) bond motifs is 1. The molecule has 0 bridgehead atoms. The van der Waals surface area contributed by atoms with Gasteiger partial charge in [-0.3, -0.25) is 14.9 Å². The number of ether oxygens (including phenoxy) is 2. The molecule has 1 aromatic heterocycles. The predicted octanol–water partition coefficient (Wildman–Crippen LogP) is 7.69. The van der Waals surface area contributed by atoms with E-state index < -0.39 is 4.75 Å². The molecule has 1 atom stereocenters. The van der Waals surface area contributed by atoms with Crippen LogP contribution in [0.25, 0.3) is 10.1 Å². The summed E-state index contributed by atoms with van der Waals surface area (Å²) in [5.41, 5.74) is 4.87. The molecule has 1 unspecified atom stereocenters. The lowest BCUT2D eigenvalue weighted by Gasteiger charge is -2.19. The Morgan fingerprint density at radius 2 is 1.64 bits per heavy atom. The Hall–Kier alpha value is -3.29. The summed E-state index contributed by atoms with van der Waals surface area (Å²) in [5, 5.41) is 5.71. The second-order valence-corrected chi connectivity index (χ2v) is 12.1. The van der Waals surface area contributed by atoms with Gasteiger partial charge in [0.15, 0.2) is 0 Å². The Morgan fingerprint density at radius 3 is 2.36 bits per heavy atom. The number of rotatable bonds is 12. The molecule has 3 aromatic carbocycles. The van der Waals surface area contributed by atoms with E-state index in [4.69, 9.17) is 9.47 Å². The average Bonchev–Trinajstić information content (AvgIpc) is 3.48. The first-order chi connectivity index (χ1) is 19.0. The fraction of sp³-hybridized carbons (Fsp3) is 0.312. The highest BCUT2D eigenvalue weighted by Crippen LogP contribution is 2.41. The molecule has 0 spiro atoms. The first kappa shape index (κ1) is 27.3. The van der Waals surface area contributed by atoms with E-state index in [1.165, 1.54) is 26.8 Å². The molecule has 5 rings (SSSR count). The SMILES string of the molecule is CCCc1c(OCCCOc2ccc(C3(C)SC(=O)NC3=O)cc2)ccc2c(CCc3ccccc3)csc12. The minimum atomic E-state index is -0.897. The van der Waals surface area contributed by atoms with Crippen LogP contribution in [0.2, 0.25) is 0 Å². The zero-order valence-corrected chi connectivity index (χ0v) is 24.0. The number of carbonyl (C=O) groups is 2. The Morgan fingerprint density at radius 1 is 0.872 bits per heavy atom. The van der Waals surface area contributed by atoms with Crippen molar-refractivity contribution in [1.29, 1.82) is 0 Å². The van der Waals surface area contributed by atoms with E-state index in [0.717, 1.165) is 60.9 Å². The Kier molecular flexibility index (Phi) is 8.58. The number of amides is 2. The van der Waals surface area contributed by atoms with E-state index in [9.17, 15) is 9.59 Å². The molecule has 1 aliphatic heterocycles. The molecule has 2 amide bonds. The number of imide groups is 1. The van der Waals surface area contributed by atoms with Crippen molar-refractivity contribution in [2.45, 2.75) is 50.7 Å². The van der Waals surface area contributed by atoms with E-state index in [1.54, 1.807) is 6.92 Å². The van der Waals surface area contributed by atoms with E-state index >= 15 is 0 Å². The molecule has 4 aromatic rings. The molecular formula is C32H33NO4S2. The minimum absolute atomic E-state index is 0.282. The second kappa shape index (κ2) is 12.3. The monoisotopic (exact) mass is 559 g/mol. The van der Waals surface area contributed by atoms with Crippen LogP contribution >= 0.6 is 23.1 Å². The maximum absolute atomic E-state index is 12.2. The van der Waals surface area contributed by atoms with Gasteiger partial charge in [0.2, 0.25) is 5.91 Å². The van der Waals surface area contributed by atoms with Gasteiger partial charge in [-0.1, -0.05) is 55.8 Å². The van der Waals surface area contributed by atoms with Crippen LogP contribution in [-0.2, 0) is 28.8 Å². The van der Waals surface area contributed by atoms with Gasteiger partial charge < -0.3 is 9.47 Å². The van der Waals surface area contributed by atoms with Gasteiger partial charge in [0, 0.05) is 16.7 Å². The van der Waals surface area contributed by atoms with Gasteiger partial charge in [-0.25, -0.2) is 0 Å². The molecule has 1 N–H and O–H groups in total. The summed E-state index contributed by atoms with van der Waals surface area (Å²) in [4.78, 5) is 23.8. The highest BCUT2D eigenvalue weighted by atomic mass is 32.2. The van der Waals surface area contributed by atoms with Crippen LogP contribution in [0.5, 0.6) is 11.5 Å². The summed E-state index contributed by atoms with van der Waals surface area (Å²) >= 11 is 2.84. The third-order valence-electron chi connectivity index (χ3n) is 7.07. The normalized spacial score (nSPS) is 17.0. The minimum Gasteiger partial charge on any atom is -0.493 e. The smallest absolute Gasteiger partial charge is 0.287 e. The van der Waals surface area contributed by atoms with E-state index in [-0.39, 0.29) is 11.1 Å². The number of thioether (sulfide) groups is 1. The number of benzene rings is 3. The van der Waals surface area contributed by atoms with Crippen molar-refractivity contribution in [3.8, 4) is 11.5 Å². The van der Waals surface area contributed by atoms with Crippen molar-refractivity contribution in [1.82, 2.24) is 5.32 Å². The van der Waals surface area contributed by atoms with Crippen molar-refractivity contribution < 1.29 is 19.1 Å². The zero-order valence-electron chi connectivity index (χ0n) is 22.3. The topological polar surface area (TPSA) is 64.6 Å². The average molecular weight is 560 g/mol. The number of aryl methyl sites for hydroxylation is 3. The van der Waals surface area contributed by atoms with Gasteiger partial charge in [0.1, 0.15) is 16.2 Å². The summed E-state index contributed by atoms with van der Waals surface area (Å²) in [6.07, 6.45) is 4.90. The molecule has 1 fully saturated rings. The van der Waals surface area contributed by atoms with Gasteiger partial charge >= 0.3 is 0 Å². The van der Waals surface area contributed by atoms with Gasteiger partial charge in [0.05, 0.1) is 13.2 Å². The summed E-state index contributed by atoms with van der Waals surface area (Å²) in [6.45, 7) is 5.07. The van der Waals surface area contributed by atoms with Gasteiger partial charge in [0.25, 0.3) is 5.24 Å². The number of hydrogen-bond donors (Lipinski definition) is 1.